The van der Waals surface area contributed by atoms with Crippen molar-refractivity contribution < 1.29 is 17.9 Å². The van der Waals surface area contributed by atoms with Gasteiger partial charge in [0.1, 0.15) is 10.7 Å². The van der Waals surface area contributed by atoms with E-state index in [-0.39, 0.29) is 5.69 Å². The molecular formula is C13H19FN2O3S. The topological polar surface area (TPSA) is 92.4 Å². The Morgan fingerprint density at radius 1 is 1.35 bits per heavy atom. The van der Waals surface area contributed by atoms with Crippen molar-refractivity contribution in [2.75, 3.05) is 5.73 Å². The van der Waals surface area contributed by atoms with Gasteiger partial charge in [-0.3, -0.25) is 0 Å². The van der Waals surface area contributed by atoms with Crippen LogP contribution in [-0.2, 0) is 10.0 Å². The second-order valence-corrected chi connectivity index (χ2v) is 6.90. The molecule has 7 heteroatoms. The molecule has 0 saturated heterocycles. The molecular weight excluding hydrogens is 283 g/mol. The molecule has 0 bridgehead atoms. The molecule has 112 valence electrons. The second-order valence-electron chi connectivity index (χ2n) is 5.22. The average molecular weight is 302 g/mol. The van der Waals surface area contributed by atoms with E-state index in [2.05, 4.69) is 4.72 Å². The number of anilines is 1. The van der Waals surface area contributed by atoms with Crippen molar-refractivity contribution in [3.8, 4) is 0 Å². The first kappa shape index (κ1) is 15.2. The van der Waals surface area contributed by atoms with Crippen molar-refractivity contribution in [3.63, 3.8) is 0 Å². The van der Waals surface area contributed by atoms with Crippen LogP contribution in [0.15, 0.2) is 17.0 Å². The van der Waals surface area contributed by atoms with E-state index in [1.165, 1.54) is 0 Å². The normalized spacial score (nSPS) is 23.8. The van der Waals surface area contributed by atoms with Crippen molar-refractivity contribution >= 4 is 15.7 Å². The van der Waals surface area contributed by atoms with Crippen molar-refractivity contribution in [1.29, 1.82) is 0 Å². The van der Waals surface area contributed by atoms with E-state index in [0.717, 1.165) is 25.0 Å². The molecule has 1 aliphatic rings. The highest BCUT2D eigenvalue weighted by atomic mass is 32.2. The number of hydrogen-bond donors (Lipinski definition) is 3. The molecule has 4 N–H and O–H groups in total. The van der Waals surface area contributed by atoms with Gasteiger partial charge in [0.2, 0.25) is 10.0 Å². The summed E-state index contributed by atoms with van der Waals surface area (Å²) < 4.78 is 40.6. The predicted molar refractivity (Wildman–Crippen MR) is 74.1 cm³/mol. The van der Waals surface area contributed by atoms with Gasteiger partial charge in [-0.05, 0) is 37.5 Å². The van der Waals surface area contributed by atoms with E-state index < -0.39 is 32.9 Å². The maximum Gasteiger partial charge on any atom is 0.243 e. The number of nitrogens with two attached hydrogens (primary N) is 1. The van der Waals surface area contributed by atoms with Gasteiger partial charge in [0.25, 0.3) is 0 Å². The molecule has 1 aromatic carbocycles. The molecule has 0 heterocycles. The molecule has 1 fully saturated rings. The highest BCUT2D eigenvalue weighted by Gasteiger charge is 2.29. The van der Waals surface area contributed by atoms with E-state index in [0.29, 0.717) is 18.4 Å². The summed E-state index contributed by atoms with van der Waals surface area (Å²) in [5, 5.41) is 9.80. The van der Waals surface area contributed by atoms with Crippen LogP contribution < -0.4 is 10.5 Å². The Balaban J connectivity index is 2.28. The second kappa shape index (κ2) is 5.67. The number of sulfonamides is 1. The third-order valence-electron chi connectivity index (χ3n) is 3.65. The van der Waals surface area contributed by atoms with Crippen LogP contribution in [0.5, 0.6) is 0 Å². The zero-order chi connectivity index (χ0) is 14.9. The minimum Gasteiger partial charge on any atom is -0.398 e. The van der Waals surface area contributed by atoms with E-state index in [1.807, 2.05) is 0 Å². The van der Waals surface area contributed by atoms with Crippen molar-refractivity contribution in [2.45, 2.75) is 49.6 Å². The Bertz CT molecular complexity index is 604. The molecule has 0 aromatic heterocycles. The summed E-state index contributed by atoms with van der Waals surface area (Å²) in [5.74, 6) is -0.838. The number of aryl methyl sites for hydroxylation is 1. The summed E-state index contributed by atoms with van der Waals surface area (Å²) in [6.45, 7) is 1.60. The number of rotatable bonds is 3. The van der Waals surface area contributed by atoms with Gasteiger partial charge >= 0.3 is 0 Å². The van der Waals surface area contributed by atoms with Crippen LogP contribution in [0, 0.1) is 12.7 Å². The minimum absolute atomic E-state index is 0.218. The van der Waals surface area contributed by atoms with Gasteiger partial charge in [-0.2, -0.15) is 0 Å². The Hall–Kier alpha value is -1.18. The van der Waals surface area contributed by atoms with Crippen LogP contribution >= 0.6 is 0 Å². The molecule has 0 amide bonds. The summed E-state index contributed by atoms with van der Waals surface area (Å²) in [7, 11) is -4.03. The molecule has 1 aromatic rings. The minimum atomic E-state index is -4.03. The Morgan fingerprint density at radius 2 is 2.00 bits per heavy atom. The molecule has 0 aliphatic heterocycles. The van der Waals surface area contributed by atoms with Gasteiger partial charge in [0, 0.05) is 11.7 Å². The standard InChI is InChI=1S/C13H19FN2O3S/c1-8-6-9(14)13(7-10(8)15)20(18,19)16-11-4-2-3-5-12(11)17/h6-7,11-12,16-17H,2-5,15H2,1H3/t11-,12-/m1/s1. The highest BCUT2D eigenvalue weighted by Crippen LogP contribution is 2.24. The van der Waals surface area contributed by atoms with Gasteiger partial charge in [-0.15, -0.1) is 0 Å². The van der Waals surface area contributed by atoms with Crippen LogP contribution in [0.2, 0.25) is 0 Å². The number of aliphatic hydroxyl groups excluding tert-OH is 1. The van der Waals surface area contributed by atoms with Crippen LogP contribution in [0.4, 0.5) is 10.1 Å². The lowest BCUT2D eigenvalue weighted by atomic mass is 9.93. The number of benzene rings is 1. The lowest BCUT2D eigenvalue weighted by molar-refractivity contribution is 0.101. The van der Waals surface area contributed by atoms with Crippen LogP contribution in [-0.4, -0.2) is 25.7 Å². The summed E-state index contributed by atoms with van der Waals surface area (Å²) in [4.78, 5) is -0.474. The molecule has 0 spiro atoms. The molecule has 20 heavy (non-hydrogen) atoms. The molecule has 0 unspecified atom stereocenters. The summed E-state index contributed by atoms with van der Waals surface area (Å²) in [6, 6.07) is 1.64. The fraction of sp³-hybridized carbons (Fsp3) is 0.538. The van der Waals surface area contributed by atoms with Gasteiger partial charge in [0.15, 0.2) is 0 Å². The largest absolute Gasteiger partial charge is 0.398 e. The zero-order valence-corrected chi connectivity index (χ0v) is 12.1. The maximum absolute atomic E-state index is 13.8. The molecule has 0 radical (unpaired) electrons. The van der Waals surface area contributed by atoms with Crippen molar-refractivity contribution in [3.05, 3.63) is 23.5 Å². The van der Waals surface area contributed by atoms with E-state index >= 15 is 0 Å². The molecule has 2 atom stereocenters. The quantitative estimate of drug-likeness (QED) is 0.734. The smallest absolute Gasteiger partial charge is 0.243 e. The van der Waals surface area contributed by atoms with Crippen LogP contribution in [0.1, 0.15) is 31.2 Å². The van der Waals surface area contributed by atoms with Crippen LogP contribution in [0.3, 0.4) is 0 Å². The maximum atomic E-state index is 13.8. The molecule has 5 nitrogen and oxygen atoms in total. The third kappa shape index (κ3) is 3.11. The van der Waals surface area contributed by atoms with Gasteiger partial charge in [-0.1, -0.05) is 12.8 Å². The van der Waals surface area contributed by atoms with E-state index in [9.17, 15) is 17.9 Å². The summed E-state index contributed by atoms with van der Waals surface area (Å²) >= 11 is 0. The highest BCUT2D eigenvalue weighted by molar-refractivity contribution is 7.89. The zero-order valence-electron chi connectivity index (χ0n) is 11.3. The molecule has 1 saturated carbocycles. The molecule has 2 rings (SSSR count). The van der Waals surface area contributed by atoms with E-state index in [4.69, 9.17) is 5.73 Å². The fourth-order valence-electron chi connectivity index (χ4n) is 2.39. The van der Waals surface area contributed by atoms with Crippen molar-refractivity contribution in [1.82, 2.24) is 4.72 Å². The lowest BCUT2D eigenvalue weighted by Gasteiger charge is -2.28. The number of hydrogen-bond acceptors (Lipinski definition) is 4. The monoisotopic (exact) mass is 302 g/mol. The predicted octanol–water partition coefficient (Wildman–Crippen LogP) is 1.30. The average Bonchev–Trinajstić information content (AvgIpc) is 2.36. The Kier molecular flexibility index (Phi) is 4.31. The number of nitrogens with one attached hydrogen (secondary N) is 1. The number of nitrogen functional groups attached to an aromatic ring is 1. The SMILES string of the molecule is Cc1cc(F)c(S(=O)(=O)N[C@@H]2CCCC[C@H]2O)cc1N. The first-order chi connectivity index (χ1) is 9.31. The molecule has 1 aliphatic carbocycles. The Morgan fingerprint density at radius 3 is 2.65 bits per heavy atom. The summed E-state index contributed by atoms with van der Waals surface area (Å²) in [6.07, 6.45) is 2.06. The summed E-state index contributed by atoms with van der Waals surface area (Å²) in [5.41, 5.74) is 6.34. The fourth-order valence-corrected chi connectivity index (χ4v) is 3.78. The van der Waals surface area contributed by atoms with Crippen LogP contribution in [0.25, 0.3) is 0 Å². The third-order valence-corrected chi connectivity index (χ3v) is 5.15. The first-order valence-electron chi connectivity index (χ1n) is 6.57. The Labute approximate surface area is 118 Å². The number of halogens is 1. The van der Waals surface area contributed by atoms with E-state index in [1.54, 1.807) is 6.92 Å². The van der Waals surface area contributed by atoms with Gasteiger partial charge in [0.05, 0.1) is 6.10 Å². The van der Waals surface area contributed by atoms with Gasteiger partial charge in [-0.25, -0.2) is 17.5 Å². The van der Waals surface area contributed by atoms with Crippen molar-refractivity contribution in [2.24, 2.45) is 0 Å². The first-order valence-corrected chi connectivity index (χ1v) is 8.05. The lowest BCUT2D eigenvalue weighted by Crippen LogP contribution is -2.45. The van der Waals surface area contributed by atoms with Gasteiger partial charge < -0.3 is 10.8 Å². The number of aliphatic hydroxyl groups is 1.